The Morgan fingerprint density at radius 3 is 1.78 bits per heavy atom. The molecule has 0 aromatic heterocycles. The zero-order valence-corrected chi connectivity index (χ0v) is 7.12. The first-order valence-electron chi connectivity index (χ1n) is 2.62. The van der Waals surface area contributed by atoms with E-state index < -0.39 is 0 Å². The minimum atomic E-state index is 0. The van der Waals surface area contributed by atoms with Gasteiger partial charge in [-0.3, -0.25) is 0 Å². The fourth-order valence-corrected chi connectivity index (χ4v) is 0.575. The number of halogens is 1. The lowest BCUT2D eigenvalue weighted by molar-refractivity contribution is -0.117. The van der Waals surface area contributed by atoms with Gasteiger partial charge < -0.3 is 10.9 Å². The fourth-order valence-electron chi connectivity index (χ4n) is 0.575. The highest BCUT2D eigenvalue weighted by atomic mass is 35.5. The number of rotatable bonds is 2. The molecule has 0 spiro atoms. The normalized spacial score (nSPS) is 7.56. The standard InChI is InChI=1S/C6H12O.ClH.H3N/c1-5(2)4-6(3)7;;/h5H,4H2,1-3H3;1H;1H3. The average molecular weight is 154 g/mol. The molecule has 58 valence electrons. The van der Waals surface area contributed by atoms with E-state index in [1.165, 1.54) is 0 Å². The molecule has 0 saturated carbocycles. The largest absolute Gasteiger partial charge is 0.344 e. The van der Waals surface area contributed by atoms with E-state index in [-0.39, 0.29) is 24.3 Å². The summed E-state index contributed by atoms with van der Waals surface area (Å²) < 4.78 is 0. The highest BCUT2D eigenvalue weighted by molar-refractivity contribution is 5.85. The molecule has 2 nitrogen and oxygen atoms in total. The number of hydrogen-bond donors (Lipinski definition) is 1. The Labute approximate surface area is 63.0 Å². The molecule has 3 N–H and O–H groups in total. The first-order valence-corrected chi connectivity index (χ1v) is 2.62. The van der Waals surface area contributed by atoms with Gasteiger partial charge in [0.1, 0.15) is 5.78 Å². The second kappa shape index (κ2) is 7.92. The van der Waals surface area contributed by atoms with Crippen LogP contribution in [0.3, 0.4) is 0 Å². The van der Waals surface area contributed by atoms with Crippen LogP contribution in [-0.4, -0.2) is 5.78 Å². The monoisotopic (exact) mass is 153 g/mol. The predicted molar refractivity (Wildman–Crippen MR) is 42.4 cm³/mol. The Morgan fingerprint density at radius 1 is 1.44 bits per heavy atom. The Kier molecular flexibility index (Phi) is 14.0. The number of ketones is 1. The van der Waals surface area contributed by atoms with Crippen molar-refractivity contribution in [2.75, 3.05) is 0 Å². The Bertz CT molecular complexity index is 73.5. The topological polar surface area (TPSA) is 52.1 Å². The van der Waals surface area contributed by atoms with E-state index in [0.717, 1.165) is 6.42 Å². The van der Waals surface area contributed by atoms with Gasteiger partial charge >= 0.3 is 0 Å². The molecule has 0 bridgehead atoms. The van der Waals surface area contributed by atoms with Crippen molar-refractivity contribution < 1.29 is 4.79 Å². The molecular weight excluding hydrogens is 138 g/mol. The summed E-state index contributed by atoms with van der Waals surface area (Å²) in [6.07, 6.45) is 0.722. The third-order valence-electron chi connectivity index (χ3n) is 0.696. The summed E-state index contributed by atoms with van der Waals surface area (Å²) in [7, 11) is 0. The van der Waals surface area contributed by atoms with Gasteiger partial charge in [0.2, 0.25) is 0 Å². The molecule has 0 aliphatic carbocycles. The van der Waals surface area contributed by atoms with Crippen LogP contribution in [0.5, 0.6) is 0 Å². The third-order valence-corrected chi connectivity index (χ3v) is 0.696. The summed E-state index contributed by atoms with van der Waals surface area (Å²) in [4.78, 5) is 10.3. The molecule has 0 fully saturated rings. The van der Waals surface area contributed by atoms with E-state index >= 15 is 0 Å². The van der Waals surface area contributed by atoms with E-state index in [1.807, 2.05) is 13.8 Å². The first-order chi connectivity index (χ1) is 3.13. The van der Waals surface area contributed by atoms with Gasteiger partial charge in [0.15, 0.2) is 0 Å². The Balaban J connectivity index is -0.000000180. The minimum Gasteiger partial charge on any atom is -0.344 e. The van der Waals surface area contributed by atoms with Crippen molar-refractivity contribution >= 4 is 18.2 Å². The molecule has 0 heterocycles. The summed E-state index contributed by atoms with van der Waals surface area (Å²) >= 11 is 0. The maximum absolute atomic E-state index is 10.3. The van der Waals surface area contributed by atoms with Crippen molar-refractivity contribution in [3.05, 3.63) is 0 Å². The van der Waals surface area contributed by atoms with Gasteiger partial charge in [-0.15, -0.1) is 12.4 Å². The van der Waals surface area contributed by atoms with Gasteiger partial charge in [0.05, 0.1) is 0 Å². The average Bonchev–Trinajstić information content (AvgIpc) is 1.27. The van der Waals surface area contributed by atoms with E-state index in [2.05, 4.69) is 0 Å². The zero-order chi connectivity index (χ0) is 5.86. The highest BCUT2D eigenvalue weighted by Gasteiger charge is 1.95. The number of Topliss-reactive ketones (excluding diaryl/α,β-unsaturated/α-hetero) is 1. The van der Waals surface area contributed by atoms with Gasteiger partial charge in [-0.25, -0.2) is 0 Å². The number of carbonyl (C=O) groups is 1. The van der Waals surface area contributed by atoms with E-state index in [9.17, 15) is 4.79 Å². The van der Waals surface area contributed by atoms with Crippen molar-refractivity contribution in [1.29, 1.82) is 0 Å². The molecule has 0 saturated heterocycles. The molecule has 9 heavy (non-hydrogen) atoms. The van der Waals surface area contributed by atoms with Crippen LogP contribution in [0.15, 0.2) is 0 Å². The molecule has 0 radical (unpaired) electrons. The quantitative estimate of drug-likeness (QED) is 0.662. The van der Waals surface area contributed by atoms with Gasteiger partial charge in [0.25, 0.3) is 0 Å². The molecule has 0 unspecified atom stereocenters. The van der Waals surface area contributed by atoms with Crippen LogP contribution in [0.4, 0.5) is 0 Å². The molecule has 3 heteroatoms. The molecule has 0 aromatic rings. The van der Waals surface area contributed by atoms with Crippen molar-refractivity contribution in [3.8, 4) is 0 Å². The Hall–Kier alpha value is -0.0800. The summed E-state index contributed by atoms with van der Waals surface area (Å²) in [6, 6.07) is 0. The van der Waals surface area contributed by atoms with Gasteiger partial charge in [-0.2, -0.15) is 0 Å². The van der Waals surface area contributed by atoms with E-state index in [1.54, 1.807) is 6.92 Å². The van der Waals surface area contributed by atoms with Crippen LogP contribution < -0.4 is 6.15 Å². The van der Waals surface area contributed by atoms with Gasteiger partial charge in [-0.05, 0) is 12.8 Å². The number of carbonyl (C=O) groups excluding carboxylic acids is 1. The second-order valence-corrected chi connectivity index (χ2v) is 2.30. The maximum Gasteiger partial charge on any atom is 0.130 e. The second-order valence-electron chi connectivity index (χ2n) is 2.30. The highest BCUT2D eigenvalue weighted by Crippen LogP contribution is 1.97. The van der Waals surface area contributed by atoms with Crippen LogP contribution in [0.25, 0.3) is 0 Å². The molecular formula is C6H16ClNO. The third kappa shape index (κ3) is 18.1. The van der Waals surface area contributed by atoms with Crippen LogP contribution >= 0.6 is 12.4 Å². The van der Waals surface area contributed by atoms with Crippen LogP contribution in [-0.2, 0) is 4.79 Å². The Morgan fingerprint density at radius 2 is 1.78 bits per heavy atom. The molecule has 0 aliphatic rings. The summed E-state index contributed by atoms with van der Waals surface area (Å²) in [5.41, 5.74) is 0. The molecule has 0 aromatic carbocycles. The maximum atomic E-state index is 10.3. The summed E-state index contributed by atoms with van der Waals surface area (Å²) in [6.45, 7) is 5.71. The fraction of sp³-hybridized carbons (Fsp3) is 0.833. The minimum absolute atomic E-state index is 0. The van der Waals surface area contributed by atoms with Crippen molar-refractivity contribution in [2.45, 2.75) is 27.2 Å². The lowest BCUT2D eigenvalue weighted by Crippen LogP contribution is -1.95. The number of hydrogen-bond acceptors (Lipinski definition) is 2. The van der Waals surface area contributed by atoms with Gasteiger partial charge in [0, 0.05) is 6.42 Å². The summed E-state index contributed by atoms with van der Waals surface area (Å²) in [5.74, 6) is 0.813. The molecule has 0 rings (SSSR count). The first kappa shape index (κ1) is 16.0. The molecule has 0 atom stereocenters. The van der Waals surface area contributed by atoms with Crippen LogP contribution in [0, 0.1) is 5.92 Å². The van der Waals surface area contributed by atoms with Crippen molar-refractivity contribution in [2.24, 2.45) is 5.92 Å². The SMILES string of the molecule is CC(=O)CC(C)C.Cl.N. The molecule has 0 aliphatic heterocycles. The summed E-state index contributed by atoms with van der Waals surface area (Å²) in [5, 5.41) is 0. The van der Waals surface area contributed by atoms with Crippen molar-refractivity contribution in [1.82, 2.24) is 6.15 Å². The van der Waals surface area contributed by atoms with Crippen molar-refractivity contribution in [3.63, 3.8) is 0 Å². The zero-order valence-electron chi connectivity index (χ0n) is 6.31. The predicted octanol–water partition coefficient (Wildman–Crippen LogP) is 2.21. The lowest BCUT2D eigenvalue weighted by atomic mass is 10.1. The van der Waals surface area contributed by atoms with Crippen LogP contribution in [0.2, 0.25) is 0 Å². The van der Waals surface area contributed by atoms with E-state index in [4.69, 9.17) is 0 Å². The molecule has 0 amide bonds. The smallest absolute Gasteiger partial charge is 0.130 e. The lowest BCUT2D eigenvalue weighted by Gasteiger charge is -1.95. The van der Waals surface area contributed by atoms with Gasteiger partial charge in [-0.1, -0.05) is 13.8 Å². The van der Waals surface area contributed by atoms with Crippen LogP contribution in [0.1, 0.15) is 27.2 Å². The van der Waals surface area contributed by atoms with E-state index in [0.29, 0.717) is 5.92 Å².